The maximum absolute atomic E-state index is 12.6. The van der Waals surface area contributed by atoms with Crippen molar-refractivity contribution >= 4 is 46.8 Å². The van der Waals surface area contributed by atoms with Crippen LogP contribution in [0.1, 0.15) is 20.7 Å². The lowest BCUT2D eigenvalue weighted by atomic mass is 10.1. The molecule has 0 N–H and O–H groups in total. The Labute approximate surface area is 203 Å². The topological polar surface area (TPSA) is 81.0 Å². The van der Waals surface area contributed by atoms with Gasteiger partial charge >= 0.3 is 0 Å². The zero-order chi connectivity index (χ0) is 22.9. The standard InChI is InChI=1S/C23H15Cl2N5O2S/c24-18-6-5-15(13-19(18)25)30-20(14-7-9-26-10-8-14)27-28-23(30)33-12-11-29-21(31)16-3-1-2-4-17(16)22(29)32/h1-10,13H,11-12H2. The number of carbonyl (C=O) groups is 2. The Kier molecular flexibility index (Phi) is 5.88. The number of amides is 2. The molecule has 33 heavy (non-hydrogen) atoms. The van der Waals surface area contributed by atoms with Crippen molar-refractivity contribution in [2.75, 3.05) is 12.3 Å². The lowest BCUT2D eigenvalue weighted by Gasteiger charge is -2.14. The fraction of sp³-hybridized carbons (Fsp3) is 0.0870. The number of halogens is 2. The van der Waals surface area contributed by atoms with E-state index in [1.165, 1.54) is 16.7 Å². The first-order valence-electron chi connectivity index (χ1n) is 9.94. The van der Waals surface area contributed by atoms with Crippen molar-refractivity contribution in [3.63, 3.8) is 0 Å². The third-order valence-corrected chi connectivity index (χ3v) is 6.81. The van der Waals surface area contributed by atoms with Crippen LogP contribution in [0.5, 0.6) is 0 Å². The summed E-state index contributed by atoms with van der Waals surface area (Å²) in [5.41, 5.74) is 2.44. The second-order valence-electron chi connectivity index (χ2n) is 7.13. The van der Waals surface area contributed by atoms with Crippen molar-refractivity contribution in [3.05, 3.63) is 88.2 Å². The molecule has 0 atom stereocenters. The summed E-state index contributed by atoms with van der Waals surface area (Å²) < 4.78 is 1.87. The van der Waals surface area contributed by atoms with Crippen molar-refractivity contribution < 1.29 is 9.59 Å². The Hall–Kier alpha value is -3.20. The molecule has 1 aliphatic rings. The third kappa shape index (κ3) is 4.01. The van der Waals surface area contributed by atoms with Gasteiger partial charge in [-0.2, -0.15) is 0 Å². The number of thioether (sulfide) groups is 1. The van der Waals surface area contributed by atoms with Crippen LogP contribution >= 0.6 is 35.0 Å². The maximum atomic E-state index is 12.6. The Morgan fingerprint density at radius 2 is 1.55 bits per heavy atom. The first-order valence-corrected chi connectivity index (χ1v) is 11.7. The summed E-state index contributed by atoms with van der Waals surface area (Å²) in [5.74, 6) is 0.500. The average Bonchev–Trinajstić information content (AvgIpc) is 3.36. The van der Waals surface area contributed by atoms with Crippen LogP contribution in [0, 0.1) is 0 Å². The monoisotopic (exact) mass is 495 g/mol. The van der Waals surface area contributed by atoms with Gasteiger partial charge in [0, 0.05) is 30.3 Å². The van der Waals surface area contributed by atoms with E-state index < -0.39 is 0 Å². The van der Waals surface area contributed by atoms with Crippen molar-refractivity contribution in [2.24, 2.45) is 0 Å². The molecule has 2 aromatic heterocycles. The summed E-state index contributed by atoms with van der Waals surface area (Å²) in [4.78, 5) is 30.6. The molecule has 164 valence electrons. The molecule has 3 heterocycles. The van der Waals surface area contributed by atoms with Gasteiger partial charge in [0.2, 0.25) is 0 Å². The second-order valence-corrected chi connectivity index (χ2v) is 9.01. The first kappa shape index (κ1) is 21.6. The van der Waals surface area contributed by atoms with Gasteiger partial charge in [0.05, 0.1) is 26.9 Å². The summed E-state index contributed by atoms with van der Waals surface area (Å²) in [6.07, 6.45) is 3.36. The number of hydrogen-bond acceptors (Lipinski definition) is 6. The maximum Gasteiger partial charge on any atom is 0.261 e. The number of rotatable bonds is 6. The molecular formula is C23H15Cl2N5O2S. The van der Waals surface area contributed by atoms with Gasteiger partial charge in [0.25, 0.3) is 11.8 Å². The number of pyridine rings is 1. The van der Waals surface area contributed by atoms with E-state index in [1.807, 2.05) is 22.8 Å². The number of hydrogen-bond donors (Lipinski definition) is 0. The van der Waals surface area contributed by atoms with Crippen molar-refractivity contribution in [3.8, 4) is 17.1 Å². The largest absolute Gasteiger partial charge is 0.273 e. The number of carbonyl (C=O) groups excluding carboxylic acids is 2. The van der Waals surface area contributed by atoms with E-state index in [4.69, 9.17) is 23.2 Å². The minimum absolute atomic E-state index is 0.246. The SMILES string of the molecule is O=C1c2ccccc2C(=O)N1CCSc1nnc(-c2ccncc2)n1-c1ccc(Cl)c(Cl)c1. The summed E-state index contributed by atoms with van der Waals surface area (Å²) in [7, 11) is 0. The Morgan fingerprint density at radius 3 is 2.21 bits per heavy atom. The first-order chi connectivity index (χ1) is 16.0. The number of aromatic nitrogens is 4. The Morgan fingerprint density at radius 1 is 0.848 bits per heavy atom. The molecule has 4 aromatic rings. The van der Waals surface area contributed by atoms with Crippen molar-refractivity contribution in [2.45, 2.75) is 5.16 Å². The van der Waals surface area contributed by atoms with Crippen LogP contribution in [0.3, 0.4) is 0 Å². The summed E-state index contributed by atoms with van der Waals surface area (Å²) in [5, 5.41) is 10.2. The van der Waals surface area contributed by atoms with Crippen LogP contribution in [-0.4, -0.2) is 48.8 Å². The number of nitrogens with zero attached hydrogens (tertiary/aromatic N) is 5. The van der Waals surface area contributed by atoms with Crippen molar-refractivity contribution in [1.82, 2.24) is 24.6 Å². The van der Waals surface area contributed by atoms with Crippen LogP contribution < -0.4 is 0 Å². The fourth-order valence-corrected chi connectivity index (χ4v) is 4.75. The molecule has 0 fully saturated rings. The predicted molar refractivity (Wildman–Crippen MR) is 127 cm³/mol. The van der Waals surface area contributed by atoms with Gasteiger partial charge in [-0.1, -0.05) is 47.1 Å². The van der Waals surface area contributed by atoms with Crippen LogP contribution in [0.2, 0.25) is 10.0 Å². The molecule has 0 saturated heterocycles. The fourth-order valence-electron chi connectivity index (χ4n) is 3.58. The molecule has 2 amide bonds. The van der Waals surface area contributed by atoms with Gasteiger partial charge in [-0.05, 0) is 42.5 Å². The van der Waals surface area contributed by atoms with E-state index in [1.54, 1.807) is 48.8 Å². The molecular weight excluding hydrogens is 481 g/mol. The normalized spacial score (nSPS) is 13.0. The highest BCUT2D eigenvalue weighted by Crippen LogP contribution is 2.31. The summed E-state index contributed by atoms with van der Waals surface area (Å²) in [6, 6.07) is 15.8. The number of imide groups is 1. The molecule has 0 saturated carbocycles. The molecule has 0 radical (unpaired) electrons. The van der Waals surface area contributed by atoms with Crippen LogP contribution in [0.25, 0.3) is 17.1 Å². The Balaban J connectivity index is 1.42. The van der Waals surface area contributed by atoms with Gasteiger partial charge in [-0.25, -0.2) is 0 Å². The lowest BCUT2D eigenvalue weighted by molar-refractivity contribution is 0.0664. The van der Waals surface area contributed by atoms with E-state index in [2.05, 4.69) is 15.2 Å². The van der Waals surface area contributed by atoms with E-state index in [0.29, 0.717) is 37.9 Å². The van der Waals surface area contributed by atoms with E-state index in [0.717, 1.165) is 11.3 Å². The van der Waals surface area contributed by atoms with Crippen molar-refractivity contribution in [1.29, 1.82) is 0 Å². The molecule has 0 aliphatic carbocycles. The summed E-state index contributed by atoms with van der Waals surface area (Å²) >= 11 is 13.8. The minimum atomic E-state index is -0.278. The minimum Gasteiger partial charge on any atom is -0.273 e. The molecule has 10 heteroatoms. The van der Waals surface area contributed by atoms with Gasteiger partial charge < -0.3 is 0 Å². The quantitative estimate of drug-likeness (QED) is 0.275. The smallest absolute Gasteiger partial charge is 0.261 e. The molecule has 2 aromatic carbocycles. The molecule has 0 bridgehead atoms. The Bertz CT molecular complexity index is 1340. The number of fused-ring (bicyclic) bond motifs is 1. The highest BCUT2D eigenvalue weighted by molar-refractivity contribution is 7.99. The van der Waals surface area contributed by atoms with Gasteiger partial charge in [-0.3, -0.25) is 24.0 Å². The number of benzene rings is 2. The van der Waals surface area contributed by atoms with Gasteiger partial charge in [-0.15, -0.1) is 10.2 Å². The molecule has 5 rings (SSSR count). The molecule has 1 aliphatic heterocycles. The van der Waals surface area contributed by atoms with Gasteiger partial charge in [0.1, 0.15) is 0 Å². The zero-order valence-corrected chi connectivity index (χ0v) is 19.3. The second kappa shape index (κ2) is 8.97. The predicted octanol–water partition coefficient (Wildman–Crippen LogP) is 5.02. The molecule has 7 nitrogen and oxygen atoms in total. The van der Waals surface area contributed by atoms with Crippen LogP contribution in [0.4, 0.5) is 0 Å². The summed E-state index contributed by atoms with van der Waals surface area (Å²) in [6.45, 7) is 0.246. The van der Waals surface area contributed by atoms with E-state index >= 15 is 0 Å². The lowest BCUT2D eigenvalue weighted by Crippen LogP contribution is -2.31. The average molecular weight is 496 g/mol. The molecule has 0 spiro atoms. The van der Waals surface area contributed by atoms with E-state index in [9.17, 15) is 9.59 Å². The zero-order valence-electron chi connectivity index (χ0n) is 17.0. The van der Waals surface area contributed by atoms with Crippen LogP contribution in [-0.2, 0) is 0 Å². The van der Waals surface area contributed by atoms with E-state index in [-0.39, 0.29) is 18.4 Å². The van der Waals surface area contributed by atoms with Gasteiger partial charge in [0.15, 0.2) is 11.0 Å². The third-order valence-electron chi connectivity index (χ3n) is 5.16. The highest BCUT2D eigenvalue weighted by Gasteiger charge is 2.34. The molecule has 0 unspecified atom stereocenters. The highest BCUT2D eigenvalue weighted by atomic mass is 35.5. The van der Waals surface area contributed by atoms with Crippen LogP contribution in [0.15, 0.2) is 72.1 Å².